The van der Waals surface area contributed by atoms with Crippen molar-refractivity contribution >= 4 is 27.5 Å². The van der Waals surface area contributed by atoms with Crippen LogP contribution >= 0.6 is 15.9 Å². The number of H-pyrrole nitrogens is 1. The van der Waals surface area contributed by atoms with E-state index in [1.165, 1.54) is 4.68 Å². The molecule has 0 spiro atoms. The number of rotatable bonds is 5. The van der Waals surface area contributed by atoms with Crippen LogP contribution in [0.1, 0.15) is 41.4 Å². The molecular weight excluding hydrogens is 546 g/mol. The number of aromatic amines is 1. The average molecular weight is 572 g/mol. The van der Waals surface area contributed by atoms with E-state index < -0.39 is 5.92 Å². The molecule has 6 rings (SSSR count). The standard InChI is InChI=1S/C30H26BrN3O4/c1-37-24-12-11-17(16-25(24)38-2)19-14-22-27(23(35)15-19)26(18-7-6-8-20(31)13-18)28-29(32-22)33-34(30(28)36)21-9-4-3-5-10-21/h3-13,16,19,26,32-33H,14-15H2,1-2H3/t19-,26-/m0/s1. The molecule has 192 valence electrons. The van der Waals surface area contributed by atoms with E-state index in [1.807, 2.05) is 72.8 Å². The highest BCUT2D eigenvalue weighted by Gasteiger charge is 2.41. The first kappa shape index (κ1) is 24.3. The van der Waals surface area contributed by atoms with Gasteiger partial charge in [-0.25, -0.2) is 4.68 Å². The van der Waals surface area contributed by atoms with Crippen LogP contribution in [0.2, 0.25) is 0 Å². The number of allylic oxidation sites excluding steroid dienone is 2. The maximum Gasteiger partial charge on any atom is 0.277 e. The molecule has 1 aliphatic heterocycles. The number of Topliss-reactive ketones (excluding diaryl/α,β-unsaturated/α-hetero) is 1. The van der Waals surface area contributed by atoms with Gasteiger partial charge in [-0.05, 0) is 59.9 Å². The summed E-state index contributed by atoms with van der Waals surface area (Å²) in [7, 11) is 3.21. The number of nitrogens with zero attached hydrogens (tertiary/aromatic N) is 1. The Morgan fingerprint density at radius 2 is 1.66 bits per heavy atom. The molecule has 1 aliphatic carbocycles. The van der Waals surface area contributed by atoms with Crippen LogP contribution in [0.3, 0.4) is 0 Å². The molecule has 2 aliphatic rings. The van der Waals surface area contributed by atoms with Gasteiger partial charge in [0.25, 0.3) is 5.56 Å². The fourth-order valence-corrected chi connectivity index (χ4v) is 6.03. The van der Waals surface area contributed by atoms with Crippen molar-refractivity contribution in [2.24, 2.45) is 0 Å². The number of ketones is 1. The van der Waals surface area contributed by atoms with Crippen LogP contribution in [0.25, 0.3) is 5.69 Å². The zero-order valence-electron chi connectivity index (χ0n) is 21.0. The molecule has 0 fully saturated rings. The van der Waals surface area contributed by atoms with E-state index in [-0.39, 0.29) is 17.3 Å². The largest absolute Gasteiger partial charge is 0.493 e. The Morgan fingerprint density at radius 3 is 2.39 bits per heavy atom. The summed E-state index contributed by atoms with van der Waals surface area (Å²) in [5.41, 5.74) is 4.49. The summed E-state index contributed by atoms with van der Waals surface area (Å²) in [6.07, 6.45) is 0.964. The van der Waals surface area contributed by atoms with Crippen LogP contribution in [0.15, 0.2) is 93.3 Å². The predicted molar refractivity (Wildman–Crippen MR) is 150 cm³/mol. The first-order valence-corrected chi connectivity index (χ1v) is 13.2. The van der Waals surface area contributed by atoms with Gasteiger partial charge in [-0.1, -0.05) is 52.3 Å². The molecule has 8 heteroatoms. The minimum Gasteiger partial charge on any atom is -0.493 e. The fourth-order valence-electron chi connectivity index (χ4n) is 5.61. The molecule has 4 aromatic rings. The van der Waals surface area contributed by atoms with Gasteiger partial charge in [0.1, 0.15) is 5.82 Å². The molecular formula is C30H26BrN3O4. The highest BCUT2D eigenvalue weighted by atomic mass is 79.9. The number of anilines is 1. The highest BCUT2D eigenvalue weighted by Crippen LogP contribution is 2.47. The Labute approximate surface area is 228 Å². The topological polar surface area (TPSA) is 85.4 Å². The molecule has 0 saturated heterocycles. The number of ether oxygens (including phenoxy) is 2. The van der Waals surface area contributed by atoms with Gasteiger partial charge in [0.05, 0.1) is 25.5 Å². The monoisotopic (exact) mass is 571 g/mol. The van der Waals surface area contributed by atoms with E-state index >= 15 is 0 Å². The molecule has 2 N–H and O–H groups in total. The van der Waals surface area contributed by atoms with Crippen LogP contribution in [-0.2, 0) is 4.79 Å². The maximum absolute atomic E-state index is 13.9. The van der Waals surface area contributed by atoms with E-state index in [1.54, 1.807) is 14.2 Å². The van der Waals surface area contributed by atoms with E-state index in [2.05, 4.69) is 26.3 Å². The van der Waals surface area contributed by atoms with E-state index in [0.717, 1.165) is 27.0 Å². The summed E-state index contributed by atoms with van der Waals surface area (Å²) in [4.78, 5) is 27.7. The zero-order chi connectivity index (χ0) is 26.4. The van der Waals surface area contributed by atoms with Crippen molar-refractivity contribution in [1.82, 2.24) is 9.78 Å². The minimum atomic E-state index is -0.480. The normalized spacial score (nSPS) is 18.4. The van der Waals surface area contributed by atoms with E-state index in [9.17, 15) is 9.59 Å². The molecule has 3 aromatic carbocycles. The smallest absolute Gasteiger partial charge is 0.277 e. The average Bonchev–Trinajstić information content (AvgIpc) is 3.27. The number of benzene rings is 3. The number of halogens is 1. The third-order valence-electron chi connectivity index (χ3n) is 7.36. The van der Waals surface area contributed by atoms with Crippen LogP contribution in [0.5, 0.6) is 11.5 Å². The second-order valence-electron chi connectivity index (χ2n) is 9.52. The Hall–Kier alpha value is -4.04. The Kier molecular flexibility index (Phi) is 6.19. The second-order valence-corrected chi connectivity index (χ2v) is 10.4. The third kappa shape index (κ3) is 4.05. The van der Waals surface area contributed by atoms with Gasteiger partial charge in [0, 0.05) is 28.1 Å². The summed E-state index contributed by atoms with van der Waals surface area (Å²) >= 11 is 3.57. The van der Waals surface area contributed by atoms with Crippen molar-refractivity contribution in [2.45, 2.75) is 24.7 Å². The molecule has 2 atom stereocenters. The van der Waals surface area contributed by atoms with Gasteiger partial charge >= 0.3 is 0 Å². The Balaban J connectivity index is 1.48. The Morgan fingerprint density at radius 1 is 0.868 bits per heavy atom. The highest BCUT2D eigenvalue weighted by molar-refractivity contribution is 9.10. The lowest BCUT2D eigenvalue weighted by Gasteiger charge is -2.34. The molecule has 1 aromatic heterocycles. The molecule has 0 amide bonds. The summed E-state index contributed by atoms with van der Waals surface area (Å²) in [5, 5.41) is 6.71. The van der Waals surface area contributed by atoms with Crippen molar-refractivity contribution in [1.29, 1.82) is 0 Å². The summed E-state index contributed by atoms with van der Waals surface area (Å²) in [6, 6.07) is 23.1. The van der Waals surface area contributed by atoms with Gasteiger partial charge in [-0.2, -0.15) is 0 Å². The quantitative estimate of drug-likeness (QED) is 0.311. The number of fused-ring (bicyclic) bond motifs is 1. The van der Waals surface area contributed by atoms with Crippen LogP contribution in [0, 0.1) is 0 Å². The SMILES string of the molecule is COc1ccc([C@@H]2CC(=O)C3=C(C2)Nc2[nH]n(-c4ccccc4)c(=O)c2[C@H]3c2cccc(Br)c2)cc1OC. The van der Waals surface area contributed by atoms with Gasteiger partial charge in [0.15, 0.2) is 17.3 Å². The van der Waals surface area contributed by atoms with Crippen molar-refractivity contribution in [3.05, 3.63) is 116 Å². The van der Waals surface area contributed by atoms with Gasteiger partial charge in [-0.3, -0.25) is 14.7 Å². The van der Waals surface area contributed by atoms with Crippen molar-refractivity contribution in [3.63, 3.8) is 0 Å². The van der Waals surface area contributed by atoms with E-state index in [4.69, 9.17) is 9.47 Å². The summed E-state index contributed by atoms with van der Waals surface area (Å²) in [5.74, 6) is 1.40. The minimum absolute atomic E-state index is 0.0287. The number of para-hydroxylation sites is 1. The van der Waals surface area contributed by atoms with E-state index in [0.29, 0.717) is 41.3 Å². The molecule has 0 radical (unpaired) electrons. The lowest BCUT2D eigenvalue weighted by Crippen LogP contribution is -2.32. The van der Waals surface area contributed by atoms with Gasteiger partial charge < -0.3 is 14.8 Å². The number of aromatic nitrogens is 2. The van der Waals surface area contributed by atoms with Crippen LogP contribution < -0.4 is 20.3 Å². The van der Waals surface area contributed by atoms with Crippen molar-refractivity contribution in [2.75, 3.05) is 19.5 Å². The van der Waals surface area contributed by atoms with Crippen molar-refractivity contribution in [3.8, 4) is 17.2 Å². The lowest BCUT2D eigenvalue weighted by atomic mass is 9.73. The van der Waals surface area contributed by atoms with Gasteiger partial charge in [0.2, 0.25) is 0 Å². The fraction of sp³-hybridized carbons (Fsp3) is 0.200. The molecule has 0 bridgehead atoms. The number of hydrogen-bond acceptors (Lipinski definition) is 5. The first-order chi connectivity index (χ1) is 18.5. The number of hydrogen-bond donors (Lipinski definition) is 2. The van der Waals surface area contributed by atoms with Crippen LogP contribution in [0.4, 0.5) is 5.82 Å². The summed E-state index contributed by atoms with van der Waals surface area (Å²) < 4.78 is 13.3. The number of methoxy groups -OCH3 is 2. The molecule has 2 heterocycles. The molecule has 38 heavy (non-hydrogen) atoms. The molecule has 0 saturated carbocycles. The number of carbonyl (C=O) groups is 1. The molecule has 7 nitrogen and oxygen atoms in total. The Bertz CT molecular complexity index is 1640. The number of carbonyl (C=O) groups excluding carboxylic acids is 1. The number of nitrogens with one attached hydrogen (secondary N) is 2. The van der Waals surface area contributed by atoms with Gasteiger partial charge in [-0.15, -0.1) is 0 Å². The summed E-state index contributed by atoms with van der Waals surface area (Å²) in [6.45, 7) is 0. The first-order valence-electron chi connectivity index (χ1n) is 12.4. The third-order valence-corrected chi connectivity index (χ3v) is 7.86. The van der Waals surface area contributed by atoms with Crippen molar-refractivity contribution < 1.29 is 14.3 Å². The second kappa shape index (κ2) is 9.68. The predicted octanol–water partition coefficient (Wildman–Crippen LogP) is 5.90. The lowest BCUT2D eigenvalue weighted by molar-refractivity contribution is -0.116. The van der Waals surface area contributed by atoms with Crippen LogP contribution in [-0.4, -0.2) is 29.8 Å². The zero-order valence-corrected chi connectivity index (χ0v) is 22.5. The molecule has 0 unspecified atom stereocenters. The maximum atomic E-state index is 13.9.